The fourth-order valence-electron chi connectivity index (χ4n) is 3.38. The molecule has 1 N–H and O–H groups in total. The van der Waals surface area contributed by atoms with Crippen LogP contribution in [0, 0.1) is 12.8 Å². The van der Waals surface area contributed by atoms with Crippen molar-refractivity contribution < 1.29 is 0 Å². The molecule has 0 bridgehead atoms. The normalized spacial score (nSPS) is 17.3. The van der Waals surface area contributed by atoms with E-state index in [1.54, 1.807) is 7.05 Å². The molecular formula is C17H19N5O2. The summed E-state index contributed by atoms with van der Waals surface area (Å²) >= 11 is 0. The highest BCUT2D eigenvalue weighted by Gasteiger charge is 2.28. The van der Waals surface area contributed by atoms with E-state index in [1.807, 2.05) is 29.7 Å². The Bertz CT molecular complexity index is 1060. The zero-order valence-corrected chi connectivity index (χ0v) is 13.9. The van der Waals surface area contributed by atoms with Crippen LogP contribution in [0.5, 0.6) is 0 Å². The third-order valence-corrected chi connectivity index (χ3v) is 4.53. The summed E-state index contributed by atoms with van der Waals surface area (Å²) in [6, 6.07) is 8.21. The van der Waals surface area contributed by atoms with Crippen LogP contribution in [0.3, 0.4) is 0 Å². The number of rotatable bonds is 1. The van der Waals surface area contributed by atoms with Gasteiger partial charge >= 0.3 is 5.69 Å². The molecule has 0 saturated carbocycles. The molecule has 7 nitrogen and oxygen atoms in total. The molecule has 1 aliphatic rings. The highest BCUT2D eigenvalue weighted by molar-refractivity contribution is 5.77. The van der Waals surface area contributed by atoms with Crippen LogP contribution >= 0.6 is 0 Å². The molecular weight excluding hydrogens is 306 g/mol. The van der Waals surface area contributed by atoms with E-state index in [2.05, 4.69) is 27.9 Å². The second-order valence-corrected chi connectivity index (χ2v) is 6.57. The topological polar surface area (TPSA) is 75.9 Å². The molecule has 1 aromatic carbocycles. The highest BCUT2D eigenvalue weighted by atomic mass is 16.2. The Hall–Kier alpha value is -2.83. The average molecular weight is 325 g/mol. The maximum Gasteiger partial charge on any atom is 0.329 e. The number of nitrogens with one attached hydrogen (secondary N) is 1. The number of fused-ring (bicyclic) bond motifs is 3. The van der Waals surface area contributed by atoms with E-state index in [-0.39, 0.29) is 5.56 Å². The molecule has 0 fully saturated rings. The van der Waals surface area contributed by atoms with Gasteiger partial charge in [-0.15, -0.1) is 0 Å². The number of aromatic amines is 1. The number of nitrogens with zero attached hydrogens (tertiary/aromatic N) is 4. The first-order valence-electron chi connectivity index (χ1n) is 7.99. The van der Waals surface area contributed by atoms with Gasteiger partial charge in [0.25, 0.3) is 5.56 Å². The molecule has 0 radical (unpaired) electrons. The van der Waals surface area contributed by atoms with E-state index in [1.165, 1.54) is 10.1 Å². The molecule has 24 heavy (non-hydrogen) atoms. The fourth-order valence-corrected chi connectivity index (χ4v) is 3.38. The predicted molar refractivity (Wildman–Crippen MR) is 92.9 cm³/mol. The third kappa shape index (κ3) is 2.08. The maximum atomic E-state index is 12.3. The number of hydrogen-bond acceptors (Lipinski definition) is 4. The molecule has 0 spiro atoms. The van der Waals surface area contributed by atoms with Crippen molar-refractivity contribution in [1.82, 2.24) is 19.1 Å². The lowest BCUT2D eigenvalue weighted by atomic mass is 10.1. The zero-order chi connectivity index (χ0) is 17.0. The van der Waals surface area contributed by atoms with Gasteiger partial charge in [-0.2, -0.15) is 4.98 Å². The minimum absolute atomic E-state index is 0.354. The number of aromatic nitrogens is 4. The van der Waals surface area contributed by atoms with Crippen molar-refractivity contribution >= 4 is 22.8 Å². The summed E-state index contributed by atoms with van der Waals surface area (Å²) < 4.78 is 3.31. The van der Waals surface area contributed by atoms with Crippen LogP contribution in [0.2, 0.25) is 0 Å². The van der Waals surface area contributed by atoms with Gasteiger partial charge in [0.05, 0.1) is 0 Å². The zero-order valence-electron chi connectivity index (χ0n) is 13.9. The average Bonchev–Trinajstić information content (AvgIpc) is 2.91. The third-order valence-electron chi connectivity index (χ3n) is 4.53. The lowest BCUT2D eigenvalue weighted by Gasteiger charge is -2.33. The first-order valence-corrected chi connectivity index (χ1v) is 7.99. The van der Waals surface area contributed by atoms with Crippen molar-refractivity contribution in [3.63, 3.8) is 0 Å². The second kappa shape index (κ2) is 5.09. The number of imidazole rings is 1. The van der Waals surface area contributed by atoms with Crippen LogP contribution < -0.4 is 16.1 Å². The summed E-state index contributed by atoms with van der Waals surface area (Å²) in [5, 5.41) is 0. The van der Waals surface area contributed by atoms with E-state index in [4.69, 9.17) is 0 Å². The monoisotopic (exact) mass is 325 g/mol. The number of anilines is 2. The van der Waals surface area contributed by atoms with Gasteiger partial charge in [0.1, 0.15) is 0 Å². The van der Waals surface area contributed by atoms with Crippen LogP contribution in [0.1, 0.15) is 12.5 Å². The van der Waals surface area contributed by atoms with Gasteiger partial charge < -0.3 is 9.47 Å². The van der Waals surface area contributed by atoms with Crippen LogP contribution in [-0.4, -0.2) is 25.6 Å². The number of aryl methyl sites for hydroxylation is 2. The van der Waals surface area contributed by atoms with E-state index < -0.39 is 5.69 Å². The van der Waals surface area contributed by atoms with Crippen molar-refractivity contribution in [3.8, 4) is 0 Å². The molecule has 4 rings (SSSR count). The van der Waals surface area contributed by atoms with Crippen LogP contribution in [-0.2, 0) is 13.6 Å². The van der Waals surface area contributed by atoms with Crippen molar-refractivity contribution in [2.24, 2.45) is 13.0 Å². The number of H-pyrrole nitrogens is 1. The number of benzene rings is 1. The lowest BCUT2D eigenvalue weighted by molar-refractivity contribution is 0.458. The first-order chi connectivity index (χ1) is 11.5. The van der Waals surface area contributed by atoms with E-state index in [9.17, 15) is 9.59 Å². The second-order valence-electron chi connectivity index (χ2n) is 6.57. The van der Waals surface area contributed by atoms with Crippen molar-refractivity contribution in [2.75, 3.05) is 11.4 Å². The Balaban J connectivity index is 2.02. The molecule has 7 heteroatoms. The molecule has 1 aliphatic heterocycles. The Morgan fingerprint density at radius 2 is 2.04 bits per heavy atom. The molecule has 124 valence electrons. The quantitative estimate of drug-likeness (QED) is 0.736. The SMILES string of the molecule is Cc1cccc(N2C[C@@H](C)Cn3c2nc2c3c(=O)[nH]c(=O)n2C)c1. The lowest BCUT2D eigenvalue weighted by Crippen LogP contribution is -2.35. The molecule has 1 atom stereocenters. The van der Waals surface area contributed by atoms with Crippen LogP contribution in [0.15, 0.2) is 33.9 Å². The summed E-state index contributed by atoms with van der Waals surface area (Å²) in [4.78, 5) is 33.3. The van der Waals surface area contributed by atoms with Gasteiger partial charge in [-0.05, 0) is 30.5 Å². The summed E-state index contributed by atoms with van der Waals surface area (Å²) in [5.74, 6) is 1.06. The standard InChI is InChI=1S/C17H19N5O2/c1-10-5-4-6-12(7-10)21-8-11(2)9-22-13-14(18-16(21)22)20(3)17(24)19-15(13)23/h4-7,11H,8-9H2,1-3H3,(H,19,23,24)/t11-/m1/s1. The van der Waals surface area contributed by atoms with E-state index in [0.29, 0.717) is 29.6 Å². The Morgan fingerprint density at radius 3 is 2.79 bits per heavy atom. The minimum Gasteiger partial charge on any atom is -0.312 e. The predicted octanol–water partition coefficient (Wildman–Crippen LogP) is 1.52. The van der Waals surface area contributed by atoms with Gasteiger partial charge in [-0.3, -0.25) is 14.3 Å². The maximum absolute atomic E-state index is 12.3. The smallest absolute Gasteiger partial charge is 0.312 e. The van der Waals surface area contributed by atoms with Gasteiger partial charge in [0.15, 0.2) is 11.2 Å². The molecule has 0 unspecified atom stereocenters. The minimum atomic E-state index is -0.446. The highest BCUT2D eigenvalue weighted by Crippen LogP contribution is 2.32. The fraction of sp³-hybridized carbons (Fsp3) is 0.353. The summed E-state index contributed by atoms with van der Waals surface area (Å²) in [5.41, 5.74) is 2.25. The molecule has 0 aliphatic carbocycles. The van der Waals surface area contributed by atoms with Gasteiger partial charge in [-0.1, -0.05) is 19.1 Å². The molecule has 0 saturated heterocycles. The molecule has 2 aromatic heterocycles. The van der Waals surface area contributed by atoms with E-state index in [0.717, 1.165) is 12.2 Å². The molecule has 0 amide bonds. The molecule has 3 aromatic rings. The Labute approximate surface area is 138 Å². The van der Waals surface area contributed by atoms with Crippen molar-refractivity contribution in [2.45, 2.75) is 20.4 Å². The summed E-state index contributed by atoms with van der Waals surface area (Å²) in [7, 11) is 1.63. The van der Waals surface area contributed by atoms with Crippen molar-refractivity contribution in [3.05, 3.63) is 50.7 Å². The summed E-state index contributed by atoms with van der Waals surface area (Å²) in [6.45, 7) is 5.72. The van der Waals surface area contributed by atoms with Crippen LogP contribution in [0.25, 0.3) is 11.2 Å². The van der Waals surface area contributed by atoms with Gasteiger partial charge in [0.2, 0.25) is 5.95 Å². The van der Waals surface area contributed by atoms with Gasteiger partial charge in [0, 0.05) is 25.8 Å². The first kappa shape index (κ1) is 14.7. The molecule has 3 heterocycles. The van der Waals surface area contributed by atoms with E-state index >= 15 is 0 Å². The number of hydrogen-bond donors (Lipinski definition) is 1. The van der Waals surface area contributed by atoms with Gasteiger partial charge in [-0.25, -0.2) is 4.79 Å². The Kier molecular flexibility index (Phi) is 3.13. The largest absolute Gasteiger partial charge is 0.329 e. The van der Waals surface area contributed by atoms with Crippen LogP contribution in [0.4, 0.5) is 11.6 Å². The summed E-state index contributed by atoms with van der Waals surface area (Å²) in [6.07, 6.45) is 0. The van der Waals surface area contributed by atoms with Crippen molar-refractivity contribution in [1.29, 1.82) is 0 Å². The Morgan fingerprint density at radius 1 is 1.25 bits per heavy atom.